The Morgan fingerprint density at radius 2 is 1.59 bits per heavy atom. The lowest BCUT2D eigenvalue weighted by Gasteiger charge is -2.17. The minimum atomic E-state index is -0.792. The van der Waals surface area contributed by atoms with Crippen LogP contribution < -0.4 is 10.6 Å². The van der Waals surface area contributed by atoms with Crippen LogP contribution in [0.5, 0.6) is 0 Å². The second-order valence-corrected chi connectivity index (χ2v) is 5.83. The third-order valence-corrected chi connectivity index (χ3v) is 3.88. The van der Waals surface area contributed by atoms with Gasteiger partial charge in [0.15, 0.2) is 0 Å². The quantitative estimate of drug-likeness (QED) is 0.634. The fourth-order valence-electron chi connectivity index (χ4n) is 2.43. The average molecular weight is 361 g/mol. The molecule has 2 N–H and O–H groups in total. The number of hydrogen-bond donors (Lipinski definition) is 2. The number of carbonyl (C=O) groups is 2. The largest absolute Gasteiger partial charge is 0.357 e. The molecule has 0 aromatic heterocycles. The zero-order chi connectivity index (χ0) is 19.6. The molecule has 0 aliphatic heterocycles. The van der Waals surface area contributed by atoms with E-state index < -0.39 is 6.04 Å². The summed E-state index contributed by atoms with van der Waals surface area (Å²) in [5, 5.41) is 5.28. The molecule has 138 valence electrons. The Labute approximate surface area is 159 Å². The van der Waals surface area contributed by atoms with Gasteiger partial charge < -0.3 is 10.6 Å². The second kappa shape index (κ2) is 9.93. The summed E-state index contributed by atoms with van der Waals surface area (Å²) in [6, 6.07) is 15.8. The van der Waals surface area contributed by atoms with Crippen LogP contribution in [-0.4, -0.2) is 37.2 Å². The molecule has 2 amide bonds. The van der Waals surface area contributed by atoms with Crippen molar-refractivity contribution >= 4 is 17.5 Å². The van der Waals surface area contributed by atoms with Crippen LogP contribution in [0.1, 0.15) is 35.3 Å². The van der Waals surface area contributed by atoms with Crippen LogP contribution in [0.25, 0.3) is 0 Å². The molecule has 1 unspecified atom stereocenters. The van der Waals surface area contributed by atoms with Gasteiger partial charge in [-0.05, 0) is 50.2 Å². The number of aliphatic imine (C=N–C) groups is 1. The van der Waals surface area contributed by atoms with Crippen molar-refractivity contribution < 1.29 is 9.59 Å². The third-order valence-electron chi connectivity index (χ3n) is 3.88. The van der Waals surface area contributed by atoms with Gasteiger partial charge in [0.1, 0.15) is 6.04 Å². The minimum Gasteiger partial charge on any atom is -0.357 e. The summed E-state index contributed by atoms with van der Waals surface area (Å²) in [4.78, 5) is 28.8. The maximum absolute atomic E-state index is 12.5. The van der Waals surface area contributed by atoms with Crippen molar-refractivity contribution in [3.8, 4) is 11.8 Å². The summed E-state index contributed by atoms with van der Waals surface area (Å²) in [6.45, 7) is 4.15. The van der Waals surface area contributed by atoms with Gasteiger partial charge in [-0.3, -0.25) is 14.6 Å². The van der Waals surface area contributed by atoms with Crippen LogP contribution in [0.4, 0.5) is 0 Å². The van der Waals surface area contributed by atoms with E-state index in [9.17, 15) is 9.59 Å². The maximum Gasteiger partial charge on any atom is 0.252 e. The zero-order valence-electron chi connectivity index (χ0n) is 15.7. The Balaban J connectivity index is 2.11. The fraction of sp³-hybridized carbons (Fsp3) is 0.227. The summed E-state index contributed by atoms with van der Waals surface area (Å²) < 4.78 is 0. The molecule has 0 bridgehead atoms. The molecule has 5 nitrogen and oxygen atoms in total. The first-order chi connectivity index (χ1) is 13.0. The van der Waals surface area contributed by atoms with Gasteiger partial charge in [0.2, 0.25) is 5.91 Å². The normalized spacial score (nSPS) is 11.7. The molecule has 0 heterocycles. The topological polar surface area (TPSA) is 70.6 Å². The van der Waals surface area contributed by atoms with E-state index in [1.54, 1.807) is 31.2 Å². The van der Waals surface area contributed by atoms with Gasteiger partial charge in [-0.15, -0.1) is 0 Å². The molecular formula is C22H23N3O2. The highest BCUT2D eigenvalue weighted by Crippen LogP contribution is 2.05. The Kier molecular flexibility index (Phi) is 7.33. The number of likely N-dealkylation sites (N-methyl/N-ethyl adjacent to an activating group) is 1. The standard InChI is InChI=1S/C22H23N3O2/c1-4-24-16(2)20(22(27)23-3)25-21(26)19-14-12-18(13-15-19)11-10-17-8-6-5-7-9-17/h5-9,12-15,20H,4H2,1-3H3,(H,23,27)(H,25,26). The molecule has 2 rings (SSSR count). The first-order valence-electron chi connectivity index (χ1n) is 8.75. The van der Waals surface area contributed by atoms with E-state index in [2.05, 4.69) is 27.5 Å². The average Bonchev–Trinajstić information content (AvgIpc) is 2.71. The number of hydrogen-bond acceptors (Lipinski definition) is 3. The van der Waals surface area contributed by atoms with E-state index in [0.717, 1.165) is 11.1 Å². The molecule has 0 fully saturated rings. The van der Waals surface area contributed by atoms with Crippen LogP contribution in [-0.2, 0) is 4.79 Å². The first kappa shape index (κ1) is 19.9. The lowest BCUT2D eigenvalue weighted by molar-refractivity contribution is -0.120. The van der Waals surface area contributed by atoms with Gasteiger partial charge in [-0.1, -0.05) is 30.0 Å². The van der Waals surface area contributed by atoms with Gasteiger partial charge in [-0.25, -0.2) is 0 Å². The van der Waals surface area contributed by atoms with Crippen molar-refractivity contribution in [2.45, 2.75) is 19.9 Å². The van der Waals surface area contributed by atoms with Crippen molar-refractivity contribution in [2.75, 3.05) is 13.6 Å². The maximum atomic E-state index is 12.5. The molecule has 0 saturated carbocycles. The van der Waals surface area contributed by atoms with Crippen molar-refractivity contribution in [2.24, 2.45) is 4.99 Å². The number of amides is 2. The number of nitrogens with one attached hydrogen (secondary N) is 2. The second-order valence-electron chi connectivity index (χ2n) is 5.83. The number of carbonyl (C=O) groups excluding carboxylic acids is 2. The van der Waals surface area contributed by atoms with Gasteiger partial charge in [0.25, 0.3) is 5.91 Å². The summed E-state index contributed by atoms with van der Waals surface area (Å²) in [5.74, 6) is 5.50. The Bertz CT molecular complexity index is 875. The Morgan fingerprint density at radius 1 is 1.00 bits per heavy atom. The van der Waals surface area contributed by atoms with Crippen molar-refractivity contribution in [3.05, 3.63) is 71.3 Å². The lowest BCUT2D eigenvalue weighted by Crippen LogP contribution is -2.50. The summed E-state index contributed by atoms with van der Waals surface area (Å²) in [7, 11) is 1.53. The zero-order valence-corrected chi connectivity index (χ0v) is 15.7. The predicted molar refractivity (Wildman–Crippen MR) is 108 cm³/mol. The lowest BCUT2D eigenvalue weighted by atomic mass is 10.1. The van der Waals surface area contributed by atoms with Crippen LogP contribution in [0, 0.1) is 11.8 Å². The van der Waals surface area contributed by atoms with Crippen molar-refractivity contribution in [3.63, 3.8) is 0 Å². The van der Waals surface area contributed by atoms with Crippen LogP contribution in [0.2, 0.25) is 0 Å². The van der Waals surface area contributed by atoms with E-state index in [0.29, 0.717) is 17.8 Å². The third kappa shape index (κ3) is 5.82. The molecule has 0 spiro atoms. The fourth-order valence-corrected chi connectivity index (χ4v) is 2.43. The van der Waals surface area contributed by atoms with E-state index in [-0.39, 0.29) is 11.8 Å². The molecule has 2 aromatic carbocycles. The predicted octanol–water partition coefficient (Wildman–Crippen LogP) is 2.41. The van der Waals surface area contributed by atoms with Gasteiger partial charge in [-0.2, -0.15) is 0 Å². The Morgan fingerprint density at radius 3 is 2.15 bits per heavy atom. The highest BCUT2D eigenvalue weighted by atomic mass is 16.2. The smallest absolute Gasteiger partial charge is 0.252 e. The molecule has 5 heteroatoms. The SMILES string of the molecule is CCN=C(C)C(NC(=O)c1ccc(C#Cc2ccccc2)cc1)C(=O)NC. The van der Waals surface area contributed by atoms with Gasteiger partial charge in [0, 0.05) is 36.0 Å². The molecule has 2 aromatic rings. The highest BCUT2D eigenvalue weighted by Gasteiger charge is 2.23. The van der Waals surface area contributed by atoms with E-state index >= 15 is 0 Å². The molecule has 0 aliphatic rings. The van der Waals surface area contributed by atoms with Gasteiger partial charge in [0.05, 0.1) is 0 Å². The number of nitrogens with zero attached hydrogens (tertiary/aromatic N) is 1. The summed E-state index contributed by atoms with van der Waals surface area (Å²) in [5.41, 5.74) is 2.76. The van der Waals surface area contributed by atoms with Crippen molar-refractivity contribution in [1.29, 1.82) is 0 Å². The first-order valence-corrected chi connectivity index (χ1v) is 8.75. The molecular weight excluding hydrogens is 338 g/mol. The monoisotopic (exact) mass is 361 g/mol. The summed E-state index contributed by atoms with van der Waals surface area (Å²) in [6.07, 6.45) is 0. The minimum absolute atomic E-state index is 0.302. The molecule has 0 aliphatic carbocycles. The van der Waals surface area contributed by atoms with E-state index in [4.69, 9.17) is 0 Å². The molecule has 0 radical (unpaired) electrons. The van der Waals surface area contributed by atoms with E-state index in [1.807, 2.05) is 37.3 Å². The number of rotatable bonds is 5. The summed E-state index contributed by atoms with van der Waals surface area (Å²) >= 11 is 0. The van der Waals surface area contributed by atoms with E-state index in [1.165, 1.54) is 7.05 Å². The molecule has 0 saturated heterocycles. The van der Waals surface area contributed by atoms with Crippen molar-refractivity contribution in [1.82, 2.24) is 10.6 Å². The molecule has 27 heavy (non-hydrogen) atoms. The van der Waals surface area contributed by atoms with Crippen LogP contribution in [0.15, 0.2) is 59.6 Å². The van der Waals surface area contributed by atoms with Crippen LogP contribution in [0.3, 0.4) is 0 Å². The van der Waals surface area contributed by atoms with Crippen LogP contribution >= 0.6 is 0 Å². The number of benzene rings is 2. The molecule has 1 atom stereocenters. The Hall–Kier alpha value is -3.39. The highest BCUT2D eigenvalue weighted by molar-refractivity contribution is 6.11. The van der Waals surface area contributed by atoms with Gasteiger partial charge >= 0.3 is 0 Å².